The Balaban J connectivity index is 2.79. The van der Waals surface area contributed by atoms with Crippen LogP contribution in [0.25, 0.3) is 5.69 Å². The average molecular weight is 309 g/mol. The number of hydrogen-bond acceptors (Lipinski definition) is 3. The number of nitrogens with zero attached hydrogens (tertiary/aromatic N) is 1. The van der Waals surface area contributed by atoms with E-state index in [9.17, 15) is 9.59 Å². The molecule has 2 aromatic rings. The first kappa shape index (κ1) is 15.4. The van der Waals surface area contributed by atoms with Gasteiger partial charge in [-0.05, 0) is 36.6 Å². The number of methoxy groups -OCH3 is 1. The fourth-order valence-corrected chi connectivity index (χ4v) is 2.63. The molecule has 0 unspecified atom stereocenters. The van der Waals surface area contributed by atoms with E-state index in [0.717, 1.165) is 10.1 Å². The van der Waals surface area contributed by atoms with E-state index in [4.69, 9.17) is 16.3 Å². The number of H-pyrrole nitrogens is 1. The van der Waals surface area contributed by atoms with E-state index < -0.39 is 11.2 Å². The summed E-state index contributed by atoms with van der Waals surface area (Å²) in [7, 11) is 1.56. The van der Waals surface area contributed by atoms with Crippen LogP contribution in [-0.2, 0) is 0 Å². The summed E-state index contributed by atoms with van der Waals surface area (Å²) >= 11 is 5.99. The molecule has 1 aromatic carbocycles. The van der Waals surface area contributed by atoms with E-state index in [1.807, 2.05) is 20.8 Å². The molecule has 1 N–H and O–H groups in total. The first-order chi connectivity index (χ1) is 9.86. The van der Waals surface area contributed by atoms with Gasteiger partial charge in [0.25, 0.3) is 5.56 Å². The summed E-state index contributed by atoms with van der Waals surface area (Å²) in [4.78, 5) is 27.2. The molecule has 5 nitrogen and oxygen atoms in total. The Bertz CT molecular complexity index is 790. The number of aromatic amines is 1. The molecule has 1 aromatic heterocycles. The quantitative estimate of drug-likeness (QED) is 0.887. The van der Waals surface area contributed by atoms with Crippen molar-refractivity contribution in [1.82, 2.24) is 9.55 Å². The smallest absolute Gasteiger partial charge is 0.334 e. The van der Waals surface area contributed by atoms with Gasteiger partial charge >= 0.3 is 5.69 Å². The summed E-state index contributed by atoms with van der Waals surface area (Å²) in [6, 6.07) is 5.16. The number of halogens is 1. The van der Waals surface area contributed by atoms with Crippen LogP contribution in [0.3, 0.4) is 0 Å². The SMILES string of the molecule is COc1ccc(-n2c(=O)[nH]c(Cl)c(C(C)C)c2=O)c(C)c1. The van der Waals surface area contributed by atoms with Crippen molar-refractivity contribution >= 4 is 11.6 Å². The molecule has 0 bridgehead atoms. The second-order valence-corrected chi connectivity index (χ2v) is 5.48. The monoisotopic (exact) mass is 308 g/mol. The molecular formula is C15H17ClN2O3. The van der Waals surface area contributed by atoms with Crippen molar-refractivity contribution in [3.05, 3.63) is 55.3 Å². The number of nitrogens with one attached hydrogen (secondary N) is 1. The minimum Gasteiger partial charge on any atom is -0.497 e. The molecular weight excluding hydrogens is 292 g/mol. The number of aromatic nitrogens is 2. The second kappa shape index (κ2) is 5.77. The predicted molar refractivity (Wildman–Crippen MR) is 83.0 cm³/mol. The van der Waals surface area contributed by atoms with Gasteiger partial charge in [0.2, 0.25) is 0 Å². The second-order valence-electron chi connectivity index (χ2n) is 5.11. The molecule has 0 amide bonds. The number of benzene rings is 1. The number of aryl methyl sites for hydroxylation is 1. The Morgan fingerprint density at radius 3 is 2.48 bits per heavy atom. The molecule has 112 valence electrons. The third-order valence-electron chi connectivity index (χ3n) is 3.31. The van der Waals surface area contributed by atoms with Crippen molar-refractivity contribution in [1.29, 1.82) is 0 Å². The van der Waals surface area contributed by atoms with E-state index >= 15 is 0 Å². The number of ether oxygens (including phenoxy) is 1. The van der Waals surface area contributed by atoms with Crippen molar-refractivity contribution < 1.29 is 4.74 Å². The molecule has 21 heavy (non-hydrogen) atoms. The lowest BCUT2D eigenvalue weighted by Crippen LogP contribution is -2.36. The van der Waals surface area contributed by atoms with Crippen molar-refractivity contribution in [2.45, 2.75) is 26.7 Å². The Morgan fingerprint density at radius 2 is 1.95 bits per heavy atom. The molecule has 0 aliphatic heterocycles. The first-order valence-electron chi connectivity index (χ1n) is 6.56. The van der Waals surface area contributed by atoms with Crippen LogP contribution in [0.2, 0.25) is 5.15 Å². The third-order valence-corrected chi connectivity index (χ3v) is 3.61. The topological polar surface area (TPSA) is 64.1 Å². The molecule has 0 radical (unpaired) electrons. The van der Waals surface area contributed by atoms with Crippen LogP contribution in [0.5, 0.6) is 5.75 Å². The highest BCUT2D eigenvalue weighted by atomic mass is 35.5. The minimum absolute atomic E-state index is 0.0911. The van der Waals surface area contributed by atoms with Crippen molar-refractivity contribution in [2.75, 3.05) is 7.11 Å². The van der Waals surface area contributed by atoms with Gasteiger partial charge in [-0.2, -0.15) is 0 Å². The van der Waals surface area contributed by atoms with Gasteiger partial charge < -0.3 is 4.74 Å². The third kappa shape index (κ3) is 2.74. The van der Waals surface area contributed by atoms with Gasteiger partial charge in [0.15, 0.2) is 0 Å². The van der Waals surface area contributed by atoms with Crippen molar-refractivity contribution in [2.24, 2.45) is 0 Å². The zero-order valence-electron chi connectivity index (χ0n) is 12.4. The van der Waals surface area contributed by atoms with E-state index in [2.05, 4.69) is 4.98 Å². The molecule has 6 heteroatoms. The average Bonchev–Trinajstić information content (AvgIpc) is 2.39. The molecule has 0 saturated carbocycles. The van der Waals surface area contributed by atoms with Crippen molar-refractivity contribution in [3.8, 4) is 11.4 Å². The van der Waals surface area contributed by atoms with Crippen LogP contribution in [0.1, 0.15) is 30.9 Å². The molecule has 2 rings (SSSR count). The van der Waals surface area contributed by atoms with E-state index in [1.54, 1.807) is 25.3 Å². The van der Waals surface area contributed by atoms with E-state index in [0.29, 0.717) is 17.0 Å². The Labute approximate surface area is 127 Å². The maximum absolute atomic E-state index is 12.6. The van der Waals surface area contributed by atoms with Gasteiger partial charge in [0.05, 0.1) is 18.4 Å². The summed E-state index contributed by atoms with van der Waals surface area (Å²) in [5, 5.41) is 0.0995. The standard InChI is InChI=1S/C15H17ClN2O3/c1-8(2)12-13(16)17-15(20)18(14(12)19)11-6-5-10(21-4)7-9(11)3/h5-8H,1-4H3,(H,17,20). The van der Waals surface area contributed by atoms with Crippen LogP contribution in [0, 0.1) is 6.92 Å². The van der Waals surface area contributed by atoms with Crippen LogP contribution in [0.4, 0.5) is 0 Å². The van der Waals surface area contributed by atoms with E-state index in [-0.39, 0.29) is 11.1 Å². The maximum Gasteiger partial charge on any atom is 0.334 e. The van der Waals surface area contributed by atoms with Gasteiger partial charge in [0.1, 0.15) is 10.9 Å². The highest BCUT2D eigenvalue weighted by Crippen LogP contribution is 2.20. The molecule has 0 spiro atoms. The molecule has 0 aliphatic carbocycles. The molecule has 0 atom stereocenters. The lowest BCUT2D eigenvalue weighted by atomic mass is 10.1. The first-order valence-corrected chi connectivity index (χ1v) is 6.94. The van der Waals surface area contributed by atoms with Gasteiger partial charge in [-0.1, -0.05) is 25.4 Å². The molecule has 1 heterocycles. The predicted octanol–water partition coefficient (Wildman–Crippen LogP) is 2.62. The summed E-state index contributed by atoms with van der Waals surface area (Å²) in [5.41, 5.74) is 0.723. The van der Waals surface area contributed by atoms with Crippen LogP contribution < -0.4 is 16.0 Å². The van der Waals surface area contributed by atoms with Crippen LogP contribution >= 0.6 is 11.6 Å². The Kier molecular flexibility index (Phi) is 4.23. The fraction of sp³-hybridized carbons (Fsp3) is 0.333. The van der Waals surface area contributed by atoms with Gasteiger partial charge in [0, 0.05) is 0 Å². The summed E-state index contributed by atoms with van der Waals surface area (Å²) in [5.74, 6) is 0.574. The lowest BCUT2D eigenvalue weighted by molar-refractivity contribution is 0.414. The lowest BCUT2D eigenvalue weighted by Gasteiger charge is -2.13. The summed E-state index contributed by atoms with van der Waals surface area (Å²) in [6.07, 6.45) is 0. The molecule has 0 aliphatic rings. The minimum atomic E-state index is -0.553. The van der Waals surface area contributed by atoms with Gasteiger partial charge in [-0.25, -0.2) is 9.36 Å². The van der Waals surface area contributed by atoms with Crippen LogP contribution in [0.15, 0.2) is 27.8 Å². The van der Waals surface area contributed by atoms with E-state index in [1.165, 1.54) is 0 Å². The van der Waals surface area contributed by atoms with Gasteiger partial charge in [-0.15, -0.1) is 0 Å². The highest BCUT2D eigenvalue weighted by Gasteiger charge is 2.17. The van der Waals surface area contributed by atoms with Crippen LogP contribution in [-0.4, -0.2) is 16.7 Å². The Morgan fingerprint density at radius 1 is 1.29 bits per heavy atom. The normalized spacial score (nSPS) is 11.0. The zero-order valence-corrected chi connectivity index (χ0v) is 13.1. The molecule has 0 saturated heterocycles. The number of rotatable bonds is 3. The van der Waals surface area contributed by atoms with Gasteiger partial charge in [-0.3, -0.25) is 9.78 Å². The largest absolute Gasteiger partial charge is 0.497 e. The number of hydrogen-bond donors (Lipinski definition) is 1. The van der Waals surface area contributed by atoms with Crippen molar-refractivity contribution in [3.63, 3.8) is 0 Å². The maximum atomic E-state index is 12.6. The Hall–Kier alpha value is -2.01. The summed E-state index contributed by atoms with van der Waals surface area (Å²) in [6.45, 7) is 5.52. The zero-order chi connectivity index (χ0) is 15.7. The highest BCUT2D eigenvalue weighted by molar-refractivity contribution is 6.30. The summed E-state index contributed by atoms with van der Waals surface area (Å²) < 4.78 is 6.24. The fourth-order valence-electron chi connectivity index (χ4n) is 2.25. The molecule has 0 fully saturated rings.